The lowest BCUT2D eigenvalue weighted by Gasteiger charge is -2.06. The van der Waals surface area contributed by atoms with Crippen molar-refractivity contribution in [1.82, 2.24) is 0 Å². The van der Waals surface area contributed by atoms with E-state index >= 15 is 0 Å². The van der Waals surface area contributed by atoms with Crippen molar-refractivity contribution in [2.45, 2.75) is 6.92 Å². The Kier molecular flexibility index (Phi) is 4.94. The maximum atomic E-state index is 12.2. The summed E-state index contributed by atoms with van der Waals surface area (Å²) in [5.74, 6) is -1.08. The van der Waals surface area contributed by atoms with E-state index in [1.54, 1.807) is 0 Å². The van der Waals surface area contributed by atoms with E-state index in [9.17, 15) is 19.7 Å². The molecule has 0 atom stereocenters. The monoisotopic (exact) mass is 370 g/mol. The molecule has 0 unspecified atom stereocenters. The van der Waals surface area contributed by atoms with Crippen LogP contribution in [0.4, 0.5) is 11.4 Å². The molecule has 3 rings (SSSR count). The number of hydrogen-bond donors (Lipinski definition) is 1. The molecule has 0 saturated carbocycles. The highest BCUT2D eigenvalue weighted by Crippen LogP contribution is 2.30. The van der Waals surface area contributed by atoms with Crippen molar-refractivity contribution in [1.29, 1.82) is 0 Å². The van der Waals surface area contributed by atoms with Crippen molar-refractivity contribution in [3.05, 3.63) is 69.1 Å². The van der Waals surface area contributed by atoms with Crippen LogP contribution in [0.3, 0.4) is 0 Å². The van der Waals surface area contributed by atoms with Crippen LogP contribution in [-0.4, -0.2) is 23.4 Å². The zero-order chi connectivity index (χ0) is 18.7. The Balaban J connectivity index is 1.60. The Morgan fingerprint density at radius 3 is 2.50 bits per heavy atom. The van der Waals surface area contributed by atoms with Gasteiger partial charge in [0, 0.05) is 22.5 Å². The number of rotatable bonds is 5. The quantitative estimate of drug-likeness (QED) is 0.417. The van der Waals surface area contributed by atoms with Gasteiger partial charge in [0.15, 0.2) is 6.61 Å². The highest BCUT2D eigenvalue weighted by atomic mass is 32.1. The van der Waals surface area contributed by atoms with E-state index in [-0.39, 0.29) is 5.69 Å². The molecule has 1 amide bonds. The number of amides is 1. The second-order valence-electron chi connectivity index (χ2n) is 5.48. The summed E-state index contributed by atoms with van der Waals surface area (Å²) in [5.41, 5.74) is 1.13. The number of carbonyl (C=O) groups excluding carboxylic acids is 2. The molecule has 132 valence electrons. The first-order valence-electron chi connectivity index (χ1n) is 7.65. The minimum atomic E-state index is -0.553. The Labute approximate surface area is 152 Å². The number of nitro groups is 1. The van der Waals surface area contributed by atoms with E-state index < -0.39 is 23.4 Å². The largest absolute Gasteiger partial charge is 0.451 e. The fourth-order valence-corrected chi connectivity index (χ4v) is 3.53. The van der Waals surface area contributed by atoms with E-state index in [0.717, 1.165) is 15.6 Å². The molecule has 0 radical (unpaired) electrons. The number of carbonyl (C=O) groups is 2. The molecule has 0 aliphatic rings. The van der Waals surface area contributed by atoms with Crippen molar-refractivity contribution in [3.63, 3.8) is 0 Å². The molecular weight excluding hydrogens is 356 g/mol. The summed E-state index contributed by atoms with van der Waals surface area (Å²) >= 11 is 1.32. The van der Waals surface area contributed by atoms with Gasteiger partial charge in [0.25, 0.3) is 11.6 Å². The van der Waals surface area contributed by atoms with Crippen LogP contribution >= 0.6 is 11.3 Å². The van der Waals surface area contributed by atoms with Crippen molar-refractivity contribution in [3.8, 4) is 0 Å². The third-order valence-electron chi connectivity index (χ3n) is 3.73. The van der Waals surface area contributed by atoms with Crippen LogP contribution in [0.25, 0.3) is 10.1 Å². The first-order valence-corrected chi connectivity index (χ1v) is 8.47. The van der Waals surface area contributed by atoms with Crippen LogP contribution in [0.5, 0.6) is 0 Å². The fraction of sp³-hybridized carbons (Fsp3) is 0.111. The Morgan fingerprint density at radius 2 is 1.85 bits per heavy atom. The van der Waals surface area contributed by atoms with E-state index in [4.69, 9.17) is 4.74 Å². The van der Waals surface area contributed by atoms with Crippen molar-refractivity contribution >= 4 is 44.7 Å². The lowest BCUT2D eigenvalue weighted by atomic mass is 10.1. The number of aryl methyl sites for hydroxylation is 1. The molecule has 7 nitrogen and oxygen atoms in total. The van der Waals surface area contributed by atoms with Gasteiger partial charge in [0.2, 0.25) is 0 Å². The smallest absolute Gasteiger partial charge is 0.349 e. The molecule has 0 saturated heterocycles. The molecule has 1 heterocycles. The van der Waals surface area contributed by atoms with Crippen LogP contribution in [0.2, 0.25) is 0 Å². The second kappa shape index (κ2) is 7.32. The predicted octanol–water partition coefficient (Wildman–Crippen LogP) is 3.91. The Morgan fingerprint density at radius 1 is 1.15 bits per heavy atom. The van der Waals surface area contributed by atoms with E-state index in [1.165, 1.54) is 35.6 Å². The molecule has 0 bridgehead atoms. The van der Waals surface area contributed by atoms with Gasteiger partial charge in [-0.1, -0.05) is 18.2 Å². The summed E-state index contributed by atoms with van der Waals surface area (Å²) in [6.07, 6.45) is 0. The van der Waals surface area contributed by atoms with Crippen molar-refractivity contribution < 1.29 is 19.2 Å². The summed E-state index contributed by atoms with van der Waals surface area (Å²) in [7, 11) is 0. The number of hydrogen-bond acceptors (Lipinski definition) is 6. The number of anilines is 1. The van der Waals surface area contributed by atoms with Crippen LogP contribution in [0.1, 0.15) is 15.2 Å². The van der Waals surface area contributed by atoms with Crippen molar-refractivity contribution in [2.75, 3.05) is 11.9 Å². The zero-order valence-corrected chi connectivity index (χ0v) is 14.5. The summed E-state index contributed by atoms with van der Waals surface area (Å²) in [6, 6.07) is 13.0. The standard InChI is InChI=1S/C18H14N2O5S/c1-11-14-4-2-3-5-15(14)26-17(11)18(22)25-10-16(21)19-12-6-8-13(9-7-12)20(23)24/h2-9H,10H2,1H3,(H,19,21). The van der Waals surface area contributed by atoms with Crippen LogP contribution in [0.15, 0.2) is 48.5 Å². The molecule has 2 aromatic carbocycles. The minimum Gasteiger partial charge on any atom is -0.451 e. The Hall–Kier alpha value is -3.26. The first-order chi connectivity index (χ1) is 12.5. The van der Waals surface area contributed by atoms with E-state index in [0.29, 0.717) is 10.6 Å². The second-order valence-corrected chi connectivity index (χ2v) is 6.53. The van der Waals surface area contributed by atoms with Crippen LogP contribution in [-0.2, 0) is 9.53 Å². The SMILES string of the molecule is Cc1c(C(=O)OCC(=O)Nc2ccc([N+](=O)[O-])cc2)sc2ccccc12. The fourth-order valence-electron chi connectivity index (χ4n) is 2.43. The molecular formula is C18H14N2O5S. The van der Waals surface area contributed by atoms with Gasteiger partial charge in [-0.3, -0.25) is 14.9 Å². The summed E-state index contributed by atoms with van der Waals surface area (Å²) in [6.45, 7) is 1.40. The number of nitrogens with one attached hydrogen (secondary N) is 1. The number of esters is 1. The highest BCUT2D eigenvalue weighted by molar-refractivity contribution is 7.21. The summed E-state index contributed by atoms with van der Waals surface area (Å²) in [4.78, 5) is 34.7. The summed E-state index contributed by atoms with van der Waals surface area (Å²) in [5, 5.41) is 14.1. The number of thiophene rings is 1. The molecule has 0 aliphatic heterocycles. The highest BCUT2D eigenvalue weighted by Gasteiger charge is 2.17. The van der Waals surface area contributed by atoms with Crippen LogP contribution in [0, 0.1) is 17.0 Å². The first kappa shape index (κ1) is 17.6. The molecule has 26 heavy (non-hydrogen) atoms. The van der Waals surface area contributed by atoms with Gasteiger partial charge in [-0.05, 0) is 36.1 Å². The van der Waals surface area contributed by atoms with Gasteiger partial charge in [-0.15, -0.1) is 11.3 Å². The molecule has 3 aromatic rings. The zero-order valence-electron chi connectivity index (χ0n) is 13.7. The molecule has 0 fully saturated rings. The lowest BCUT2D eigenvalue weighted by Crippen LogP contribution is -2.20. The molecule has 0 aliphatic carbocycles. The van der Waals surface area contributed by atoms with E-state index in [2.05, 4.69) is 5.32 Å². The van der Waals surface area contributed by atoms with Gasteiger partial charge >= 0.3 is 5.97 Å². The number of ether oxygens (including phenoxy) is 1. The van der Waals surface area contributed by atoms with Gasteiger partial charge < -0.3 is 10.1 Å². The average Bonchev–Trinajstić information content (AvgIpc) is 2.97. The number of nitrogens with zero attached hydrogens (tertiary/aromatic N) is 1. The third-order valence-corrected chi connectivity index (χ3v) is 4.98. The predicted molar refractivity (Wildman–Crippen MR) is 98.6 cm³/mol. The minimum absolute atomic E-state index is 0.0744. The number of fused-ring (bicyclic) bond motifs is 1. The van der Waals surface area contributed by atoms with Gasteiger partial charge in [-0.2, -0.15) is 0 Å². The molecule has 1 N–H and O–H groups in total. The molecule has 1 aromatic heterocycles. The summed E-state index contributed by atoms with van der Waals surface area (Å²) < 4.78 is 6.06. The van der Waals surface area contributed by atoms with Gasteiger partial charge in [-0.25, -0.2) is 4.79 Å². The molecule has 8 heteroatoms. The normalized spacial score (nSPS) is 10.5. The Bertz CT molecular complexity index is 994. The topological polar surface area (TPSA) is 98.5 Å². The average molecular weight is 370 g/mol. The lowest BCUT2D eigenvalue weighted by molar-refractivity contribution is -0.384. The van der Waals surface area contributed by atoms with Crippen LogP contribution < -0.4 is 5.32 Å². The maximum absolute atomic E-state index is 12.2. The van der Waals surface area contributed by atoms with E-state index in [1.807, 2.05) is 31.2 Å². The molecule has 0 spiro atoms. The number of non-ortho nitro benzene ring substituents is 1. The van der Waals surface area contributed by atoms with Gasteiger partial charge in [0.1, 0.15) is 4.88 Å². The van der Waals surface area contributed by atoms with Gasteiger partial charge in [0.05, 0.1) is 4.92 Å². The van der Waals surface area contributed by atoms with Crippen molar-refractivity contribution in [2.24, 2.45) is 0 Å². The number of nitro benzene ring substituents is 1. The number of benzene rings is 2. The third kappa shape index (κ3) is 3.70. The maximum Gasteiger partial charge on any atom is 0.349 e.